The van der Waals surface area contributed by atoms with Gasteiger partial charge in [-0.15, -0.1) is 0 Å². The van der Waals surface area contributed by atoms with Crippen LogP contribution in [-0.4, -0.2) is 62.5 Å². The fourth-order valence-electron chi connectivity index (χ4n) is 6.85. The van der Waals surface area contributed by atoms with Crippen molar-refractivity contribution in [3.8, 4) is 0 Å². The van der Waals surface area contributed by atoms with Gasteiger partial charge in [0.05, 0.1) is 10.8 Å². The van der Waals surface area contributed by atoms with E-state index < -0.39 is 59.1 Å². The molecule has 4 heterocycles. The normalized spacial score (nSPS) is 51.3. The van der Waals surface area contributed by atoms with E-state index in [4.69, 9.17) is 28.4 Å². The quantitative estimate of drug-likeness (QED) is 0.375. The Balaban J connectivity index is 1.84. The summed E-state index contributed by atoms with van der Waals surface area (Å²) in [5.74, 6) is -2.38. The molecule has 154 valence electrons. The lowest BCUT2D eigenvalue weighted by molar-refractivity contribution is -0.242. The van der Waals surface area contributed by atoms with Gasteiger partial charge in [-0.2, -0.15) is 0 Å². The molecule has 0 amide bonds. The second kappa shape index (κ2) is 5.06. The molecule has 5 fully saturated rings. The third-order valence-corrected chi connectivity index (χ3v) is 7.62. The molecule has 8 atom stereocenters. The Morgan fingerprint density at radius 1 is 1.00 bits per heavy atom. The van der Waals surface area contributed by atoms with Crippen molar-refractivity contribution in [3.63, 3.8) is 0 Å². The van der Waals surface area contributed by atoms with E-state index in [-0.39, 0.29) is 17.8 Å². The summed E-state index contributed by atoms with van der Waals surface area (Å²) < 4.78 is 33.7. The predicted octanol–water partition coefficient (Wildman–Crippen LogP) is 0.537. The molecule has 9 heteroatoms. The third kappa shape index (κ3) is 1.55. The molecular weight excluding hydrogens is 372 g/mol. The maximum atomic E-state index is 13.1. The van der Waals surface area contributed by atoms with Crippen LogP contribution < -0.4 is 0 Å². The Labute approximate surface area is 161 Å². The lowest BCUT2D eigenvalue weighted by Gasteiger charge is -2.50. The van der Waals surface area contributed by atoms with Crippen molar-refractivity contribution < 1.29 is 42.8 Å². The second-order valence-corrected chi connectivity index (χ2v) is 9.41. The van der Waals surface area contributed by atoms with Crippen LogP contribution in [0.5, 0.6) is 0 Å². The van der Waals surface area contributed by atoms with Crippen molar-refractivity contribution >= 4 is 17.9 Å². The lowest BCUT2D eigenvalue weighted by atomic mass is 9.50. The highest BCUT2D eigenvalue weighted by atomic mass is 16.8. The SMILES string of the molecule is COC1C[C@@]23C4C[C@@H](C(C)(C)C)C25C(OC(=O)[C@@H]5OC)O[C@@]3(C(=O)O1)C(=O)O4. The van der Waals surface area contributed by atoms with Crippen molar-refractivity contribution in [2.75, 3.05) is 14.2 Å². The van der Waals surface area contributed by atoms with Crippen molar-refractivity contribution in [1.29, 1.82) is 0 Å². The van der Waals surface area contributed by atoms with Crippen molar-refractivity contribution in [2.24, 2.45) is 22.2 Å². The van der Waals surface area contributed by atoms with Crippen molar-refractivity contribution in [1.82, 2.24) is 0 Å². The van der Waals surface area contributed by atoms with Gasteiger partial charge >= 0.3 is 17.9 Å². The van der Waals surface area contributed by atoms with E-state index in [0.29, 0.717) is 6.42 Å². The molecule has 0 aromatic rings. The first-order chi connectivity index (χ1) is 13.1. The monoisotopic (exact) mass is 396 g/mol. The first-order valence-corrected chi connectivity index (χ1v) is 9.47. The standard InChI is InChI=1S/C19H24O9/c1-16(2,3)8-6-9-17-7-10(23-4)26-14(22)19(17,13(21)25-9)28-15-18(8,17)11(24-5)12(20)27-15/h8-11,15H,6-7H2,1-5H3/t8-,9?,10?,11-,15?,17+,18?,19+/m0/s1. The minimum absolute atomic E-state index is 0.158. The summed E-state index contributed by atoms with van der Waals surface area (Å²) in [5, 5.41) is 0. The predicted molar refractivity (Wildman–Crippen MR) is 88.3 cm³/mol. The van der Waals surface area contributed by atoms with Gasteiger partial charge in [-0.3, -0.25) is 0 Å². The van der Waals surface area contributed by atoms with Gasteiger partial charge in [0.2, 0.25) is 12.6 Å². The van der Waals surface area contributed by atoms with E-state index in [0.717, 1.165) is 0 Å². The molecule has 0 radical (unpaired) electrons. The molecule has 0 aromatic heterocycles. The summed E-state index contributed by atoms with van der Waals surface area (Å²) >= 11 is 0. The molecule has 4 saturated heterocycles. The molecule has 9 nitrogen and oxygen atoms in total. The highest BCUT2D eigenvalue weighted by molar-refractivity contribution is 6.08. The Morgan fingerprint density at radius 3 is 2.29 bits per heavy atom. The van der Waals surface area contributed by atoms with Crippen molar-refractivity contribution in [3.05, 3.63) is 0 Å². The van der Waals surface area contributed by atoms with E-state index in [2.05, 4.69) is 0 Å². The number of hydrogen-bond acceptors (Lipinski definition) is 9. The van der Waals surface area contributed by atoms with Crippen LogP contribution in [0, 0.1) is 22.2 Å². The van der Waals surface area contributed by atoms with E-state index in [1.807, 2.05) is 20.8 Å². The zero-order valence-electron chi connectivity index (χ0n) is 16.5. The average molecular weight is 396 g/mol. The van der Waals surface area contributed by atoms with Crippen LogP contribution in [0.15, 0.2) is 0 Å². The van der Waals surface area contributed by atoms with E-state index in [1.54, 1.807) is 0 Å². The average Bonchev–Trinajstić information content (AvgIpc) is 3.21. The fraction of sp³-hybridized carbons (Fsp3) is 0.842. The number of esters is 3. The smallest absolute Gasteiger partial charge is 0.353 e. The number of carbonyl (C=O) groups excluding carboxylic acids is 3. The molecule has 0 aromatic carbocycles. The molecule has 2 spiro atoms. The van der Waals surface area contributed by atoms with Gasteiger partial charge in [0, 0.05) is 20.6 Å². The zero-order chi connectivity index (χ0) is 20.3. The third-order valence-electron chi connectivity index (χ3n) is 7.62. The molecule has 1 aliphatic carbocycles. The number of ether oxygens (including phenoxy) is 6. The molecule has 4 aliphatic heterocycles. The Morgan fingerprint density at radius 2 is 1.68 bits per heavy atom. The minimum Gasteiger partial charge on any atom is -0.459 e. The summed E-state index contributed by atoms with van der Waals surface area (Å²) in [6.07, 6.45) is -2.99. The molecule has 5 aliphatic rings. The van der Waals surface area contributed by atoms with Crippen molar-refractivity contribution in [2.45, 2.75) is 64.0 Å². The highest BCUT2D eigenvalue weighted by Gasteiger charge is 2.96. The Bertz CT molecular complexity index is 787. The van der Waals surface area contributed by atoms with Crippen LogP contribution in [0.3, 0.4) is 0 Å². The van der Waals surface area contributed by atoms with Gasteiger partial charge in [0.15, 0.2) is 6.10 Å². The van der Waals surface area contributed by atoms with Gasteiger partial charge in [-0.25, -0.2) is 14.4 Å². The number of hydrogen-bond donors (Lipinski definition) is 0. The van der Waals surface area contributed by atoms with Gasteiger partial charge in [0.1, 0.15) is 6.10 Å². The zero-order valence-corrected chi connectivity index (χ0v) is 16.5. The first kappa shape index (κ1) is 18.3. The topological polar surface area (TPSA) is 107 Å². The van der Waals surface area contributed by atoms with Crippen LogP contribution in [0.4, 0.5) is 0 Å². The molecule has 0 bridgehead atoms. The van der Waals surface area contributed by atoms with E-state index in [1.165, 1.54) is 14.2 Å². The van der Waals surface area contributed by atoms with Crippen LogP contribution in [0.1, 0.15) is 33.6 Å². The largest absolute Gasteiger partial charge is 0.459 e. The summed E-state index contributed by atoms with van der Waals surface area (Å²) in [4.78, 5) is 38.9. The van der Waals surface area contributed by atoms with Gasteiger partial charge in [-0.1, -0.05) is 20.8 Å². The fourth-order valence-corrected chi connectivity index (χ4v) is 6.85. The number of carbonyl (C=O) groups is 3. The van der Waals surface area contributed by atoms with Crippen LogP contribution >= 0.6 is 0 Å². The summed E-state index contributed by atoms with van der Waals surface area (Å²) in [6.45, 7) is 6.15. The number of rotatable bonds is 2. The lowest BCUT2D eigenvalue weighted by Crippen LogP contribution is -2.67. The van der Waals surface area contributed by atoms with Crippen LogP contribution in [0.2, 0.25) is 0 Å². The summed E-state index contributed by atoms with van der Waals surface area (Å²) in [7, 11) is 2.86. The number of methoxy groups -OCH3 is 2. The van der Waals surface area contributed by atoms with Crippen LogP contribution in [-0.2, 0) is 42.8 Å². The molecule has 0 N–H and O–H groups in total. The molecule has 5 rings (SSSR count). The van der Waals surface area contributed by atoms with E-state index >= 15 is 0 Å². The molecule has 4 unspecified atom stereocenters. The minimum atomic E-state index is -1.98. The molecule has 1 saturated carbocycles. The maximum Gasteiger partial charge on any atom is 0.353 e. The summed E-state index contributed by atoms with van der Waals surface area (Å²) in [5.41, 5.74) is -4.54. The van der Waals surface area contributed by atoms with Gasteiger partial charge < -0.3 is 28.4 Å². The van der Waals surface area contributed by atoms with Gasteiger partial charge in [-0.05, 0) is 17.8 Å². The van der Waals surface area contributed by atoms with Gasteiger partial charge in [0.25, 0.3) is 5.60 Å². The molecule has 28 heavy (non-hydrogen) atoms. The Hall–Kier alpha value is -1.71. The number of cyclic esters (lactones) is 1. The van der Waals surface area contributed by atoms with E-state index in [9.17, 15) is 14.4 Å². The summed E-state index contributed by atoms with van der Waals surface area (Å²) in [6, 6.07) is 0. The first-order valence-electron chi connectivity index (χ1n) is 9.47. The second-order valence-electron chi connectivity index (χ2n) is 9.41. The maximum absolute atomic E-state index is 13.1. The van der Waals surface area contributed by atoms with Crippen LogP contribution in [0.25, 0.3) is 0 Å². The Kier molecular flexibility index (Phi) is 3.31. The highest BCUT2D eigenvalue weighted by Crippen LogP contribution is 2.80. The molecular formula is C19H24O9.